The van der Waals surface area contributed by atoms with E-state index in [1.165, 1.54) is 19.3 Å². The van der Waals surface area contributed by atoms with Gasteiger partial charge >= 0.3 is 0 Å². The second-order valence-corrected chi connectivity index (χ2v) is 5.98. The van der Waals surface area contributed by atoms with Crippen LogP contribution in [0, 0.1) is 0 Å². The minimum absolute atomic E-state index is 0.551. The van der Waals surface area contributed by atoms with E-state index in [1.807, 2.05) is 0 Å². The van der Waals surface area contributed by atoms with Crippen molar-refractivity contribution in [2.75, 3.05) is 16.8 Å². The van der Waals surface area contributed by atoms with E-state index >= 15 is 0 Å². The number of rotatable bonds is 5. The van der Waals surface area contributed by atoms with Crippen LogP contribution >= 0.6 is 15.9 Å². The minimum Gasteiger partial charge on any atom is -0.369 e. The summed E-state index contributed by atoms with van der Waals surface area (Å²) in [6.07, 6.45) is 6.41. The molecule has 1 aliphatic heterocycles. The molecule has 0 aliphatic carbocycles. The molecule has 1 fully saturated rings. The van der Waals surface area contributed by atoms with Gasteiger partial charge in [0.2, 0.25) is 0 Å². The number of hydrogen-bond acceptors (Lipinski definition) is 4. The van der Waals surface area contributed by atoms with E-state index in [1.54, 1.807) is 6.33 Å². The van der Waals surface area contributed by atoms with Crippen LogP contribution in [-0.2, 0) is 0 Å². The highest BCUT2D eigenvalue weighted by Crippen LogP contribution is 2.37. The smallest absolute Gasteiger partial charge is 0.149 e. The maximum atomic E-state index is 4.51. The lowest BCUT2D eigenvalue weighted by Gasteiger charge is -2.30. The van der Waals surface area contributed by atoms with Gasteiger partial charge in [0, 0.05) is 18.6 Å². The molecule has 0 radical (unpaired) electrons. The summed E-state index contributed by atoms with van der Waals surface area (Å²) in [7, 11) is 0. The van der Waals surface area contributed by atoms with Crippen molar-refractivity contribution in [1.82, 2.24) is 9.97 Å². The average molecular weight is 327 g/mol. The molecule has 0 bridgehead atoms. The first-order valence-corrected chi connectivity index (χ1v) is 8.01. The molecule has 0 amide bonds. The summed E-state index contributed by atoms with van der Waals surface area (Å²) in [6.45, 7) is 7.62. The number of nitrogens with one attached hydrogen (secondary N) is 1. The molecule has 1 aromatic heterocycles. The van der Waals surface area contributed by atoms with Crippen molar-refractivity contribution in [3.63, 3.8) is 0 Å². The lowest BCUT2D eigenvalue weighted by atomic mass is 10.1. The van der Waals surface area contributed by atoms with E-state index in [2.05, 4.69) is 56.9 Å². The van der Waals surface area contributed by atoms with Crippen molar-refractivity contribution in [3.05, 3.63) is 10.8 Å². The van der Waals surface area contributed by atoms with E-state index in [0.29, 0.717) is 12.1 Å². The number of anilines is 2. The maximum Gasteiger partial charge on any atom is 0.149 e. The van der Waals surface area contributed by atoms with Crippen molar-refractivity contribution in [3.8, 4) is 0 Å². The molecule has 1 saturated heterocycles. The Morgan fingerprint density at radius 3 is 2.84 bits per heavy atom. The third kappa shape index (κ3) is 3.02. The van der Waals surface area contributed by atoms with Crippen LogP contribution in [-0.4, -0.2) is 28.6 Å². The molecule has 2 atom stereocenters. The predicted molar refractivity (Wildman–Crippen MR) is 83.8 cm³/mol. The van der Waals surface area contributed by atoms with Crippen molar-refractivity contribution in [2.45, 2.75) is 58.5 Å². The van der Waals surface area contributed by atoms with Gasteiger partial charge in [-0.3, -0.25) is 0 Å². The van der Waals surface area contributed by atoms with Gasteiger partial charge in [-0.25, -0.2) is 9.97 Å². The van der Waals surface area contributed by atoms with Gasteiger partial charge in [-0.2, -0.15) is 0 Å². The van der Waals surface area contributed by atoms with Gasteiger partial charge in [0.15, 0.2) is 0 Å². The highest BCUT2D eigenvalue weighted by molar-refractivity contribution is 9.10. The van der Waals surface area contributed by atoms with E-state index in [-0.39, 0.29) is 0 Å². The predicted octanol–water partition coefficient (Wildman–Crippen LogP) is 3.83. The Bertz CT molecular complexity index is 424. The van der Waals surface area contributed by atoms with Crippen LogP contribution in [0.5, 0.6) is 0 Å². The maximum absolute atomic E-state index is 4.51. The van der Waals surface area contributed by atoms with Crippen LogP contribution in [0.15, 0.2) is 10.8 Å². The topological polar surface area (TPSA) is 41.1 Å². The van der Waals surface area contributed by atoms with E-state index in [4.69, 9.17) is 0 Å². The van der Waals surface area contributed by atoms with Crippen molar-refractivity contribution >= 4 is 27.6 Å². The van der Waals surface area contributed by atoms with Crippen molar-refractivity contribution in [2.24, 2.45) is 0 Å². The zero-order chi connectivity index (χ0) is 13.8. The largest absolute Gasteiger partial charge is 0.369 e. The highest BCUT2D eigenvalue weighted by Gasteiger charge is 2.32. The third-order valence-corrected chi connectivity index (χ3v) is 4.55. The van der Waals surface area contributed by atoms with Crippen LogP contribution < -0.4 is 10.2 Å². The normalized spacial score (nSPS) is 22.8. The molecule has 0 spiro atoms. The summed E-state index contributed by atoms with van der Waals surface area (Å²) < 4.78 is 0.996. The first-order valence-electron chi connectivity index (χ1n) is 7.21. The van der Waals surface area contributed by atoms with Gasteiger partial charge in [-0.05, 0) is 48.5 Å². The monoisotopic (exact) mass is 326 g/mol. The molecule has 1 aromatic rings. The molecule has 19 heavy (non-hydrogen) atoms. The molecule has 1 N–H and O–H groups in total. The fourth-order valence-electron chi connectivity index (χ4n) is 2.76. The molecule has 2 rings (SSSR count). The summed E-state index contributed by atoms with van der Waals surface area (Å²) in [6, 6.07) is 1.15. The lowest BCUT2D eigenvalue weighted by Crippen LogP contribution is -2.35. The van der Waals surface area contributed by atoms with Crippen LogP contribution in [0.2, 0.25) is 0 Å². The van der Waals surface area contributed by atoms with Crippen molar-refractivity contribution in [1.29, 1.82) is 0 Å². The SMILES string of the molecule is CCCNc1ncnc(N2C(C)CCC2CC)c1Br. The second kappa shape index (κ2) is 6.55. The number of halogens is 1. The first-order chi connectivity index (χ1) is 9.19. The van der Waals surface area contributed by atoms with Gasteiger partial charge in [-0.1, -0.05) is 13.8 Å². The minimum atomic E-state index is 0.551. The zero-order valence-electron chi connectivity index (χ0n) is 12.0. The first kappa shape index (κ1) is 14.6. The summed E-state index contributed by atoms with van der Waals surface area (Å²) in [4.78, 5) is 11.3. The summed E-state index contributed by atoms with van der Waals surface area (Å²) >= 11 is 3.68. The molecule has 0 saturated carbocycles. The highest BCUT2D eigenvalue weighted by atomic mass is 79.9. The Hall–Kier alpha value is -0.840. The van der Waals surface area contributed by atoms with Crippen LogP contribution in [0.1, 0.15) is 46.5 Å². The number of aromatic nitrogens is 2. The van der Waals surface area contributed by atoms with Crippen LogP contribution in [0.3, 0.4) is 0 Å². The number of hydrogen-bond donors (Lipinski definition) is 1. The molecule has 106 valence electrons. The Morgan fingerprint density at radius 2 is 2.16 bits per heavy atom. The van der Waals surface area contributed by atoms with E-state index < -0.39 is 0 Å². The Morgan fingerprint density at radius 1 is 1.37 bits per heavy atom. The van der Waals surface area contributed by atoms with Gasteiger partial charge in [0.1, 0.15) is 22.4 Å². The van der Waals surface area contributed by atoms with Gasteiger partial charge in [-0.15, -0.1) is 0 Å². The van der Waals surface area contributed by atoms with Crippen molar-refractivity contribution < 1.29 is 0 Å². The molecular weight excluding hydrogens is 304 g/mol. The molecule has 2 unspecified atom stereocenters. The quantitative estimate of drug-likeness (QED) is 0.892. The number of nitrogens with zero attached hydrogens (tertiary/aromatic N) is 3. The zero-order valence-corrected chi connectivity index (χ0v) is 13.6. The fraction of sp³-hybridized carbons (Fsp3) is 0.714. The molecule has 0 aromatic carbocycles. The Balaban J connectivity index is 2.28. The molecule has 1 aliphatic rings. The molecule has 4 nitrogen and oxygen atoms in total. The Labute approximate surface area is 124 Å². The molecular formula is C14H23BrN4. The van der Waals surface area contributed by atoms with Gasteiger partial charge < -0.3 is 10.2 Å². The summed E-state index contributed by atoms with van der Waals surface area (Å²) in [5.41, 5.74) is 0. The Kier molecular flexibility index (Phi) is 5.02. The van der Waals surface area contributed by atoms with Gasteiger partial charge in [0.25, 0.3) is 0 Å². The second-order valence-electron chi connectivity index (χ2n) is 5.18. The fourth-order valence-corrected chi connectivity index (χ4v) is 3.31. The van der Waals surface area contributed by atoms with Crippen LogP contribution in [0.4, 0.5) is 11.6 Å². The van der Waals surface area contributed by atoms with Gasteiger partial charge in [0.05, 0.1) is 0 Å². The van der Waals surface area contributed by atoms with E-state index in [9.17, 15) is 0 Å². The summed E-state index contributed by atoms with van der Waals surface area (Å²) in [5.74, 6) is 1.94. The summed E-state index contributed by atoms with van der Waals surface area (Å²) in [5, 5.41) is 3.35. The molecule has 2 heterocycles. The van der Waals surface area contributed by atoms with E-state index in [0.717, 1.165) is 29.1 Å². The average Bonchev–Trinajstić information content (AvgIpc) is 2.79. The lowest BCUT2D eigenvalue weighted by molar-refractivity contribution is 0.619. The molecule has 5 heteroatoms. The third-order valence-electron chi connectivity index (χ3n) is 3.82. The standard InChI is InChI=1S/C14H23BrN4/c1-4-8-16-13-12(15)14(18-9-17-13)19-10(3)6-7-11(19)5-2/h9-11H,4-8H2,1-3H3,(H,16,17,18). The van der Waals surface area contributed by atoms with Crippen LogP contribution in [0.25, 0.3) is 0 Å².